The highest BCUT2D eigenvalue weighted by Crippen LogP contribution is 2.34. The van der Waals surface area contributed by atoms with E-state index >= 15 is 0 Å². The van der Waals surface area contributed by atoms with Gasteiger partial charge in [0.25, 0.3) is 0 Å². The van der Waals surface area contributed by atoms with Crippen molar-refractivity contribution in [2.45, 2.75) is 37.6 Å². The van der Waals surface area contributed by atoms with Crippen LogP contribution in [0.2, 0.25) is 0 Å². The van der Waals surface area contributed by atoms with Crippen molar-refractivity contribution in [1.82, 2.24) is 0 Å². The lowest BCUT2D eigenvalue weighted by Crippen LogP contribution is -2.27. The molecule has 1 saturated carbocycles. The van der Waals surface area contributed by atoms with E-state index in [4.69, 9.17) is 5.26 Å². The Kier molecular flexibility index (Phi) is 4.06. The van der Waals surface area contributed by atoms with Crippen molar-refractivity contribution < 1.29 is 0 Å². The van der Waals surface area contributed by atoms with E-state index < -0.39 is 0 Å². The molecular formula is C14H17BrN2. The Morgan fingerprint density at radius 3 is 2.76 bits per heavy atom. The fourth-order valence-electron chi connectivity index (χ4n) is 2.18. The molecule has 0 bridgehead atoms. The van der Waals surface area contributed by atoms with Crippen LogP contribution in [0.25, 0.3) is 0 Å². The first kappa shape index (κ1) is 12.4. The van der Waals surface area contributed by atoms with Crippen LogP contribution >= 0.6 is 15.9 Å². The van der Waals surface area contributed by atoms with E-state index in [1.807, 2.05) is 0 Å². The number of nitriles is 1. The summed E-state index contributed by atoms with van der Waals surface area (Å²) in [5.74, 6) is 0. The van der Waals surface area contributed by atoms with Crippen molar-refractivity contribution >= 4 is 21.6 Å². The second-order valence-corrected chi connectivity index (χ2v) is 5.15. The summed E-state index contributed by atoms with van der Waals surface area (Å²) in [6.07, 6.45) is 3.15. The van der Waals surface area contributed by atoms with E-state index in [1.165, 1.54) is 29.7 Å². The Morgan fingerprint density at radius 2 is 2.24 bits per heavy atom. The van der Waals surface area contributed by atoms with E-state index in [1.54, 1.807) is 0 Å². The zero-order chi connectivity index (χ0) is 12.3. The maximum absolute atomic E-state index is 8.73. The molecule has 17 heavy (non-hydrogen) atoms. The van der Waals surface area contributed by atoms with Crippen LogP contribution in [0.3, 0.4) is 0 Å². The van der Waals surface area contributed by atoms with Crippen LogP contribution in [0.5, 0.6) is 0 Å². The molecule has 0 spiro atoms. The van der Waals surface area contributed by atoms with Gasteiger partial charge >= 0.3 is 0 Å². The number of hydrogen-bond acceptors (Lipinski definition) is 2. The monoisotopic (exact) mass is 292 g/mol. The van der Waals surface area contributed by atoms with Gasteiger partial charge in [-0.1, -0.05) is 28.1 Å². The summed E-state index contributed by atoms with van der Waals surface area (Å²) in [6.45, 7) is 3.01. The van der Waals surface area contributed by atoms with Crippen LogP contribution in [0, 0.1) is 18.3 Å². The molecule has 0 radical (unpaired) electrons. The van der Waals surface area contributed by atoms with Gasteiger partial charge in [0.2, 0.25) is 0 Å². The van der Waals surface area contributed by atoms with Crippen LogP contribution in [0.1, 0.15) is 30.4 Å². The van der Waals surface area contributed by atoms with Gasteiger partial charge < -0.3 is 4.90 Å². The van der Waals surface area contributed by atoms with Crippen LogP contribution in [0.4, 0.5) is 5.69 Å². The van der Waals surface area contributed by atoms with Crippen molar-refractivity contribution in [2.24, 2.45) is 0 Å². The van der Waals surface area contributed by atoms with Gasteiger partial charge in [0.15, 0.2) is 0 Å². The highest BCUT2D eigenvalue weighted by atomic mass is 79.9. The van der Waals surface area contributed by atoms with E-state index in [-0.39, 0.29) is 0 Å². The van der Waals surface area contributed by atoms with Crippen LogP contribution in [-0.2, 0) is 5.33 Å². The summed E-state index contributed by atoms with van der Waals surface area (Å²) >= 11 is 3.48. The zero-order valence-corrected chi connectivity index (χ0v) is 11.7. The van der Waals surface area contributed by atoms with Crippen LogP contribution < -0.4 is 4.90 Å². The van der Waals surface area contributed by atoms with Gasteiger partial charge in [0, 0.05) is 23.6 Å². The zero-order valence-electron chi connectivity index (χ0n) is 10.1. The summed E-state index contributed by atoms with van der Waals surface area (Å²) in [4.78, 5) is 2.40. The van der Waals surface area contributed by atoms with E-state index in [0.717, 1.165) is 11.9 Å². The largest absolute Gasteiger partial charge is 0.367 e. The highest BCUT2D eigenvalue weighted by Gasteiger charge is 2.29. The number of aryl methyl sites for hydroxylation is 1. The minimum Gasteiger partial charge on any atom is -0.367 e. The van der Waals surface area contributed by atoms with E-state index in [2.05, 4.69) is 52.0 Å². The van der Waals surface area contributed by atoms with E-state index in [9.17, 15) is 0 Å². The quantitative estimate of drug-likeness (QED) is 0.773. The smallest absolute Gasteiger partial charge is 0.0640 e. The third-order valence-corrected chi connectivity index (χ3v) is 3.82. The van der Waals surface area contributed by atoms with Crippen molar-refractivity contribution in [3.8, 4) is 6.07 Å². The van der Waals surface area contributed by atoms with Gasteiger partial charge in [0.1, 0.15) is 0 Å². The predicted octanol–water partition coefficient (Wildman–Crippen LogP) is 3.77. The second kappa shape index (κ2) is 5.55. The second-order valence-electron chi connectivity index (χ2n) is 4.59. The number of nitrogens with zero attached hydrogens (tertiary/aromatic N) is 2. The Hall–Kier alpha value is -1.01. The SMILES string of the molecule is Cc1cc(CBr)ccc1N(CCC#N)C1CC1. The van der Waals surface area contributed by atoms with E-state index in [0.29, 0.717) is 12.5 Å². The first-order chi connectivity index (χ1) is 8.26. The molecule has 0 heterocycles. The molecule has 0 amide bonds. The summed E-state index contributed by atoms with van der Waals surface area (Å²) in [5, 5.41) is 9.63. The number of rotatable bonds is 5. The van der Waals surface area contributed by atoms with Gasteiger partial charge in [-0.25, -0.2) is 0 Å². The maximum Gasteiger partial charge on any atom is 0.0640 e. The van der Waals surface area contributed by atoms with Gasteiger partial charge in [-0.2, -0.15) is 5.26 Å². The highest BCUT2D eigenvalue weighted by molar-refractivity contribution is 9.08. The number of alkyl halides is 1. The molecule has 1 fully saturated rings. The molecule has 0 unspecified atom stereocenters. The van der Waals surface area contributed by atoms with Crippen molar-refractivity contribution in [1.29, 1.82) is 5.26 Å². The van der Waals surface area contributed by atoms with Gasteiger partial charge in [0.05, 0.1) is 12.5 Å². The van der Waals surface area contributed by atoms with Crippen LogP contribution in [-0.4, -0.2) is 12.6 Å². The Bertz CT molecular complexity index is 432. The third-order valence-electron chi connectivity index (χ3n) is 3.18. The molecule has 1 aliphatic rings. The fourth-order valence-corrected chi connectivity index (χ4v) is 2.53. The molecule has 90 valence electrons. The number of halogens is 1. The minimum atomic E-state index is 0.607. The van der Waals surface area contributed by atoms with Gasteiger partial charge in [-0.3, -0.25) is 0 Å². The molecule has 1 aromatic carbocycles. The lowest BCUT2D eigenvalue weighted by molar-refractivity contribution is 0.789. The minimum absolute atomic E-state index is 0.607. The topological polar surface area (TPSA) is 27.0 Å². The number of benzene rings is 1. The summed E-state index contributed by atoms with van der Waals surface area (Å²) in [5.41, 5.74) is 3.92. The molecule has 0 atom stereocenters. The lowest BCUT2D eigenvalue weighted by Gasteiger charge is -2.25. The molecule has 2 rings (SSSR count). The van der Waals surface area contributed by atoms with Gasteiger partial charge in [-0.05, 0) is 37.0 Å². The molecule has 0 aromatic heterocycles. The molecule has 2 nitrogen and oxygen atoms in total. The van der Waals surface area contributed by atoms with Crippen LogP contribution in [0.15, 0.2) is 18.2 Å². The maximum atomic E-state index is 8.73. The Balaban J connectivity index is 2.20. The Labute approximate surface area is 111 Å². The average Bonchev–Trinajstić information content (AvgIpc) is 3.15. The third kappa shape index (κ3) is 3.01. The first-order valence-corrected chi connectivity index (χ1v) is 7.17. The Morgan fingerprint density at radius 1 is 1.47 bits per heavy atom. The van der Waals surface area contributed by atoms with Gasteiger partial charge in [-0.15, -0.1) is 0 Å². The molecule has 0 saturated heterocycles. The summed E-state index contributed by atoms with van der Waals surface area (Å²) < 4.78 is 0. The molecule has 0 N–H and O–H groups in total. The average molecular weight is 293 g/mol. The predicted molar refractivity (Wildman–Crippen MR) is 74.4 cm³/mol. The number of anilines is 1. The number of hydrogen-bond donors (Lipinski definition) is 0. The lowest BCUT2D eigenvalue weighted by atomic mass is 10.1. The summed E-state index contributed by atoms with van der Waals surface area (Å²) in [7, 11) is 0. The first-order valence-electron chi connectivity index (χ1n) is 6.05. The van der Waals surface area contributed by atoms with Crippen molar-refractivity contribution in [3.05, 3.63) is 29.3 Å². The van der Waals surface area contributed by atoms with Crippen molar-refractivity contribution in [3.63, 3.8) is 0 Å². The fraction of sp³-hybridized carbons (Fsp3) is 0.500. The normalized spacial score (nSPS) is 14.4. The molecule has 3 heteroatoms. The van der Waals surface area contributed by atoms with Crippen molar-refractivity contribution in [2.75, 3.05) is 11.4 Å². The molecule has 0 aliphatic heterocycles. The molecule has 1 aliphatic carbocycles. The standard InChI is InChI=1S/C14H17BrN2/c1-11-9-12(10-15)3-6-14(11)17(8-2-7-16)13-4-5-13/h3,6,9,13H,2,4-5,8,10H2,1H3. The summed E-state index contributed by atoms with van der Waals surface area (Å²) in [6, 6.07) is 9.50. The molecular weight excluding hydrogens is 276 g/mol. The molecule has 1 aromatic rings.